The Labute approximate surface area is 130 Å². The van der Waals surface area contributed by atoms with Crippen LogP contribution >= 0.6 is 11.6 Å². The third-order valence-electron chi connectivity index (χ3n) is 3.93. The van der Waals surface area contributed by atoms with E-state index in [9.17, 15) is 0 Å². The first-order chi connectivity index (χ1) is 10.2. The Morgan fingerprint density at radius 2 is 1.86 bits per heavy atom. The molecule has 108 valence electrons. The first-order valence-corrected chi connectivity index (χ1v) is 7.85. The summed E-state index contributed by atoms with van der Waals surface area (Å²) in [5.41, 5.74) is 6.13. The summed E-state index contributed by atoms with van der Waals surface area (Å²) in [5, 5.41) is 0. The Kier molecular flexibility index (Phi) is 3.98. The summed E-state index contributed by atoms with van der Waals surface area (Å²) in [4.78, 5) is 4.67. The van der Waals surface area contributed by atoms with Crippen molar-refractivity contribution in [2.24, 2.45) is 0 Å². The molecule has 3 rings (SSSR count). The molecule has 0 amide bonds. The molecule has 1 aromatic heterocycles. The van der Waals surface area contributed by atoms with Crippen LogP contribution in [0.2, 0.25) is 0 Å². The quantitative estimate of drug-likeness (QED) is 0.639. The number of aryl methyl sites for hydroxylation is 2. The van der Waals surface area contributed by atoms with Crippen molar-refractivity contribution in [3.05, 3.63) is 65.0 Å². The number of rotatable bonds is 4. The summed E-state index contributed by atoms with van der Waals surface area (Å²) < 4.78 is 2.23. The lowest BCUT2D eigenvalue weighted by Crippen LogP contribution is -2.06. The number of hydrogen-bond acceptors (Lipinski definition) is 1. The largest absolute Gasteiger partial charge is 0.322 e. The molecule has 0 fully saturated rings. The van der Waals surface area contributed by atoms with Crippen LogP contribution in [0.5, 0.6) is 0 Å². The molecule has 0 spiro atoms. The molecule has 0 saturated carbocycles. The van der Waals surface area contributed by atoms with Crippen LogP contribution in [0.4, 0.5) is 0 Å². The Hall–Kier alpha value is -1.80. The summed E-state index contributed by atoms with van der Waals surface area (Å²) >= 11 is 6.10. The van der Waals surface area contributed by atoms with Crippen LogP contribution in [0.25, 0.3) is 11.0 Å². The van der Waals surface area contributed by atoms with Crippen LogP contribution < -0.4 is 0 Å². The van der Waals surface area contributed by atoms with E-state index in [4.69, 9.17) is 11.6 Å². The van der Waals surface area contributed by atoms with E-state index in [1.54, 1.807) is 0 Å². The number of imidazole rings is 1. The molecule has 2 aromatic carbocycles. The molecule has 21 heavy (non-hydrogen) atoms. The molecule has 3 heteroatoms. The summed E-state index contributed by atoms with van der Waals surface area (Å²) in [5.74, 6) is 1.37. The van der Waals surface area contributed by atoms with Crippen LogP contribution in [0.15, 0.2) is 42.5 Å². The molecule has 0 aliphatic rings. The van der Waals surface area contributed by atoms with Gasteiger partial charge in [-0.05, 0) is 42.2 Å². The summed E-state index contributed by atoms with van der Waals surface area (Å²) in [6.07, 6.45) is 1.04. The number of halogens is 1. The molecule has 0 radical (unpaired) electrons. The monoisotopic (exact) mass is 298 g/mol. The van der Waals surface area contributed by atoms with Crippen molar-refractivity contribution >= 4 is 22.6 Å². The van der Waals surface area contributed by atoms with E-state index in [1.165, 1.54) is 16.7 Å². The molecule has 0 aliphatic heterocycles. The van der Waals surface area contributed by atoms with Crippen molar-refractivity contribution in [3.8, 4) is 0 Å². The van der Waals surface area contributed by atoms with Crippen LogP contribution in [0, 0.1) is 6.92 Å². The molecule has 3 aromatic rings. The van der Waals surface area contributed by atoms with Gasteiger partial charge in [-0.2, -0.15) is 0 Å². The van der Waals surface area contributed by atoms with Gasteiger partial charge in [-0.3, -0.25) is 0 Å². The highest BCUT2D eigenvalue weighted by Gasteiger charge is 2.11. The Balaban J connectivity index is 2.11. The number of alkyl halides is 1. The zero-order valence-electron chi connectivity index (χ0n) is 12.4. The maximum absolute atomic E-state index is 6.10. The second-order valence-corrected chi connectivity index (χ2v) is 5.63. The van der Waals surface area contributed by atoms with Gasteiger partial charge in [0.1, 0.15) is 5.82 Å². The molecular formula is C18H19ClN2. The molecule has 2 nitrogen and oxygen atoms in total. The van der Waals surface area contributed by atoms with E-state index < -0.39 is 0 Å². The number of nitrogens with zero attached hydrogens (tertiary/aromatic N) is 2. The van der Waals surface area contributed by atoms with E-state index in [-0.39, 0.29) is 0 Å². The zero-order valence-corrected chi connectivity index (χ0v) is 13.2. The molecule has 0 atom stereocenters. The minimum Gasteiger partial charge on any atom is -0.322 e. The highest BCUT2D eigenvalue weighted by Crippen LogP contribution is 2.22. The second kappa shape index (κ2) is 5.90. The standard InChI is InChI=1S/C18H19ClN2/c1-3-14-6-4-5-7-15(14)12-21-17-9-8-13(2)10-16(17)20-18(21)11-19/h4-10H,3,11-12H2,1-2H3. The Morgan fingerprint density at radius 1 is 1.10 bits per heavy atom. The lowest BCUT2D eigenvalue weighted by Gasteiger charge is -2.11. The van der Waals surface area contributed by atoms with Crippen LogP contribution in [0.1, 0.15) is 29.4 Å². The SMILES string of the molecule is CCc1ccccc1Cn1c(CCl)nc2cc(C)ccc21. The van der Waals surface area contributed by atoms with E-state index >= 15 is 0 Å². The van der Waals surface area contributed by atoms with E-state index in [1.807, 2.05) is 0 Å². The maximum atomic E-state index is 6.10. The summed E-state index contributed by atoms with van der Waals surface area (Å²) in [6, 6.07) is 15.0. The topological polar surface area (TPSA) is 17.8 Å². The zero-order chi connectivity index (χ0) is 14.8. The first-order valence-electron chi connectivity index (χ1n) is 7.31. The molecule has 0 aliphatic carbocycles. The third-order valence-corrected chi connectivity index (χ3v) is 4.17. The van der Waals surface area contributed by atoms with E-state index in [0.29, 0.717) is 5.88 Å². The van der Waals surface area contributed by atoms with Gasteiger partial charge in [0.25, 0.3) is 0 Å². The van der Waals surface area contributed by atoms with Gasteiger partial charge >= 0.3 is 0 Å². The van der Waals surface area contributed by atoms with Gasteiger partial charge < -0.3 is 4.57 Å². The van der Waals surface area contributed by atoms with Gasteiger partial charge in [0.2, 0.25) is 0 Å². The van der Waals surface area contributed by atoms with Crippen molar-refractivity contribution in [2.75, 3.05) is 0 Å². The lowest BCUT2D eigenvalue weighted by molar-refractivity contribution is 0.770. The average molecular weight is 299 g/mol. The fraction of sp³-hybridized carbons (Fsp3) is 0.278. The van der Waals surface area contributed by atoms with Crippen molar-refractivity contribution in [3.63, 3.8) is 0 Å². The Morgan fingerprint density at radius 3 is 2.57 bits per heavy atom. The van der Waals surface area contributed by atoms with Gasteiger partial charge in [-0.15, -0.1) is 11.6 Å². The van der Waals surface area contributed by atoms with Gasteiger partial charge in [0.05, 0.1) is 16.9 Å². The summed E-state index contributed by atoms with van der Waals surface area (Å²) in [6.45, 7) is 5.10. The first kappa shape index (κ1) is 14.2. The number of aromatic nitrogens is 2. The average Bonchev–Trinajstić information content (AvgIpc) is 2.84. The van der Waals surface area contributed by atoms with Crippen molar-refractivity contribution in [1.29, 1.82) is 0 Å². The molecule has 0 saturated heterocycles. The van der Waals surface area contributed by atoms with Crippen molar-refractivity contribution in [1.82, 2.24) is 9.55 Å². The fourth-order valence-corrected chi connectivity index (χ4v) is 3.00. The molecule has 0 N–H and O–H groups in total. The maximum Gasteiger partial charge on any atom is 0.125 e. The smallest absolute Gasteiger partial charge is 0.125 e. The van der Waals surface area contributed by atoms with Gasteiger partial charge in [0, 0.05) is 6.54 Å². The number of benzene rings is 2. The predicted octanol–water partition coefficient (Wildman–Crippen LogP) is 4.69. The van der Waals surface area contributed by atoms with Gasteiger partial charge in [-0.25, -0.2) is 4.98 Å². The van der Waals surface area contributed by atoms with Crippen LogP contribution in [-0.2, 0) is 18.8 Å². The highest BCUT2D eigenvalue weighted by atomic mass is 35.5. The van der Waals surface area contributed by atoms with Crippen molar-refractivity contribution < 1.29 is 0 Å². The second-order valence-electron chi connectivity index (χ2n) is 5.36. The molecular weight excluding hydrogens is 280 g/mol. The van der Waals surface area contributed by atoms with Crippen molar-refractivity contribution in [2.45, 2.75) is 32.7 Å². The van der Waals surface area contributed by atoms with Gasteiger partial charge in [-0.1, -0.05) is 37.3 Å². The minimum absolute atomic E-state index is 0.433. The summed E-state index contributed by atoms with van der Waals surface area (Å²) in [7, 11) is 0. The van der Waals surface area contributed by atoms with E-state index in [2.05, 4.69) is 65.9 Å². The minimum atomic E-state index is 0.433. The van der Waals surface area contributed by atoms with Gasteiger partial charge in [0.15, 0.2) is 0 Å². The molecule has 0 unspecified atom stereocenters. The predicted molar refractivity (Wildman–Crippen MR) is 88.9 cm³/mol. The third kappa shape index (κ3) is 2.68. The van der Waals surface area contributed by atoms with Crippen LogP contribution in [0.3, 0.4) is 0 Å². The van der Waals surface area contributed by atoms with Crippen LogP contribution in [-0.4, -0.2) is 9.55 Å². The molecule has 0 bridgehead atoms. The highest BCUT2D eigenvalue weighted by molar-refractivity contribution is 6.16. The fourth-order valence-electron chi connectivity index (χ4n) is 2.80. The lowest BCUT2D eigenvalue weighted by atomic mass is 10.1. The molecule has 1 heterocycles. The van der Waals surface area contributed by atoms with E-state index in [0.717, 1.165) is 29.8 Å². The normalized spacial score (nSPS) is 11.2. The Bertz CT molecular complexity index is 774. The number of fused-ring (bicyclic) bond motifs is 1. The number of hydrogen-bond donors (Lipinski definition) is 0.